The molecule has 1 amide bonds. The molecule has 1 aromatic rings. The Morgan fingerprint density at radius 2 is 2.38 bits per heavy atom. The molecule has 0 fully saturated rings. The van der Waals surface area contributed by atoms with Gasteiger partial charge in [0.25, 0.3) is 0 Å². The van der Waals surface area contributed by atoms with Gasteiger partial charge in [0.15, 0.2) is 0 Å². The lowest BCUT2D eigenvalue weighted by Gasteiger charge is -2.23. The molecule has 0 aliphatic rings. The van der Waals surface area contributed by atoms with Crippen molar-refractivity contribution in [2.75, 3.05) is 7.05 Å². The number of amides is 1. The van der Waals surface area contributed by atoms with Crippen molar-refractivity contribution in [3.8, 4) is 0 Å². The highest BCUT2D eigenvalue weighted by Gasteiger charge is 2.17. The van der Waals surface area contributed by atoms with E-state index in [4.69, 9.17) is 22.4 Å². The summed E-state index contributed by atoms with van der Waals surface area (Å²) in [6.07, 6.45) is 2.60. The Kier molecular flexibility index (Phi) is 4.49. The monoisotopic (exact) mass is 240 g/mol. The standard InChI is InChI=1S/C11H16N2O2S/c1-8(11(12)16)13(2)10(14)6-5-9-4-3-7-15-9/h3-4,7-8H,5-6H2,1-2H3,(H2,12,16). The molecule has 0 aromatic carbocycles. The van der Waals surface area contributed by atoms with Crippen molar-refractivity contribution in [2.45, 2.75) is 25.8 Å². The van der Waals surface area contributed by atoms with E-state index in [1.165, 1.54) is 0 Å². The maximum absolute atomic E-state index is 11.8. The van der Waals surface area contributed by atoms with Gasteiger partial charge in [0.2, 0.25) is 5.91 Å². The van der Waals surface area contributed by atoms with Crippen LogP contribution in [-0.2, 0) is 11.2 Å². The van der Waals surface area contributed by atoms with Gasteiger partial charge in [-0.05, 0) is 19.1 Å². The highest BCUT2D eigenvalue weighted by Crippen LogP contribution is 2.06. The second kappa shape index (κ2) is 5.65. The quantitative estimate of drug-likeness (QED) is 0.789. The van der Waals surface area contributed by atoms with Gasteiger partial charge >= 0.3 is 0 Å². The summed E-state index contributed by atoms with van der Waals surface area (Å²) in [5, 5.41) is 0. The number of thiocarbonyl (C=S) groups is 1. The minimum absolute atomic E-state index is 0.0108. The lowest BCUT2D eigenvalue weighted by molar-refractivity contribution is -0.130. The molecular formula is C11H16N2O2S. The Morgan fingerprint density at radius 3 is 2.88 bits per heavy atom. The van der Waals surface area contributed by atoms with Gasteiger partial charge < -0.3 is 15.1 Å². The van der Waals surface area contributed by atoms with Crippen molar-refractivity contribution in [1.29, 1.82) is 0 Å². The first kappa shape index (κ1) is 12.7. The summed E-state index contributed by atoms with van der Waals surface area (Å²) in [7, 11) is 1.70. The first-order chi connectivity index (χ1) is 7.52. The summed E-state index contributed by atoms with van der Waals surface area (Å²) in [6.45, 7) is 1.81. The number of nitrogens with two attached hydrogens (primary N) is 1. The van der Waals surface area contributed by atoms with Crippen molar-refractivity contribution in [2.24, 2.45) is 5.73 Å². The van der Waals surface area contributed by atoms with Crippen LogP contribution in [0.4, 0.5) is 0 Å². The average Bonchev–Trinajstić information content (AvgIpc) is 2.76. The summed E-state index contributed by atoms with van der Waals surface area (Å²) in [5.41, 5.74) is 5.48. The van der Waals surface area contributed by atoms with Crippen molar-refractivity contribution >= 4 is 23.1 Å². The van der Waals surface area contributed by atoms with Crippen molar-refractivity contribution < 1.29 is 9.21 Å². The predicted molar refractivity (Wildman–Crippen MR) is 66.0 cm³/mol. The van der Waals surface area contributed by atoms with Crippen LogP contribution in [0.25, 0.3) is 0 Å². The zero-order chi connectivity index (χ0) is 12.1. The van der Waals surface area contributed by atoms with Gasteiger partial charge in [-0.25, -0.2) is 0 Å². The van der Waals surface area contributed by atoms with E-state index < -0.39 is 0 Å². The van der Waals surface area contributed by atoms with E-state index in [1.54, 1.807) is 24.3 Å². The maximum Gasteiger partial charge on any atom is 0.223 e. The molecular weight excluding hydrogens is 224 g/mol. The fourth-order valence-corrected chi connectivity index (χ4v) is 1.43. The number of nitrogens with zero attached hydrogens (tertiary/aromatic N) is 1. The Labute approximate surface area is 100 Å². The Hall–Kier alpha value is -1.36. The summed E-state index contributed by atoms with van der Waals surface area (Å²) < 4.78 is 5.15. The summed E-state index contributed by atoms with van der Waals surface area (Å²) >= 11 is 4.84. The van der Waals surface area contributed by atoms with Crippen molar-refractivity contribution in [1.82, 2.24) is 4.90 Å². The molecule has 2 N–H and O–H groups in total. The van der Waals surface area contributed by atoms with E-state index in [-0.39, 0.29) is 11.9 Å². The molecule has 0 radical (unpaired) electrons. The van der Waals surface area contributed by atoms with E-state index in [0.717, 1.165) is 5.76 Å². The molecule has 1 aromatic heterocycles. The first-order valence-corrected chi connectivity index (χ1v) is 5.50. The molecule has 5 heteroatoms. The third kappa shape index (κ3) is 3.34. The number of carbonyl (C=O) groups excluding carboxylic acids is 1. The van der Waals surface area contributed by atoms with Crippen LogP contribution >= 0.6 is 12.2 Å². The summed E-state index contributed by atoms with van der Waals surface area (Å²) in [6, 6.07) is 3.45. The van der Waals surface area contributed by atoms with Crippen LogP contribution in [0.1, 0.15) is 19.1 Å². The fraction of sp³-hybridized carbons (Fsp3) is 0.455. The number of rotatable bonds is 5. The Bertz CT molecular complexity index is 362. The van der Waals surface area contributed by atoms with Crippen LogP contribution in [0.5, 0.6) is 0 Å². The van der Waals surface area contributed by atoms with Gasteiger partial charge in [-0.3, -0.25) is 4.79 Å². The first-order valence-electron chi connectivity index (χ1n) is 5.09. The minimum Gasteiger partial charge on any atom is -0.469 e. The molecule has 4 nitrogen and oxygen atoms in total. The van der Waals surface area contributed by atoms with E-state index in [9.17, 15) is 4.79 Å². The normalized spacial score (nSPS) is 12.1. The Balaban J connectivity index is 2.43. The summed E-state index contributed by atoms with van der Waals surface area (Å²) in [4.78, 5) is 13.6. The number of furan rings is 1. The highest BCUT2D eigenvalue weighted by molar-refractivity contribution is 7.80. The van der Waals surface area contributed by atoms with E-state index in [1.807, 2.05) is 13.0 Å². The molecule has 1 atom stereocenters. The maximum atomic E-state index is 11.8. The third-order valence-electron chi connectivity index (χ3n) is 2.55. The van der Waals surface area contributed by atoms with Gasteiger partial charge in [0, 0.05) is 19.9 Å². The molecule has 0 bridgehead atoms. The number of hydrogen-bond donors (Lipinski definition) is 1. The molecule has 16 heavy (non-hydrogen) atoms. The average molecular weight is 240 g/mol. The van der Waals surface area contributed by atoms with Crippen LogP contribution in [0.3, 0.4) is 0 Å². The zero-order valence-corrected chi connectivity index (χ0v) is 10.3. The fourth-order valence-electron chi connectivity index (χ4n) is 1.27. The second-order valence-electron chi connectivity index (χ2n) is 3.66. The number of hydrogen-bond acceptors (Lipinski definition) is 3. The number of aryl methyl sites for hydroxylation is 1. The van der Waals surface area contributed by atoms with Gasteiger partial charge in [-0.15, -0.1) is 0 Å². The minimum atomic E-state index is -0.209. The van der Waals surface area contributed by atoms with Crippen LogP contribution in [-0.4, -0.2) is 28.9 Å². The van der Waals surface area contributed by atoms with E-state index in [0.29, 0.717) is 17.8 Å². The summed E-state index contributed by atoms with van der Waals surface area (Å²) in [5.74, 6) is 0.821. The predicted octanol–water partition coefficient (Wildman–Crippen LogP) is 1.35. The molecule has 88 valence electrons. The highest BCUT2D eigenvalue weighted by atomic mass is 32.1. The number of carbonyl (C=O) groups is 1. The molecule has 0 spiro atoms. The van der Waals surface area contributed by atoms with Gasteiger partial charge in [-0.2, -0.15) is 0 Å². The third-order valence-corrected chi connectivity index (χ3v) is 2.89. The van der Waals surface area contributed by atoms with E-state index >= 15 is 0 Å². The van der Waals surface area contributed by atoms with Crippen LogP contribution in [0.2, 0.25) is 0 Å². The van der Waals surface area contributed by atoms with Crippen LogP contribution < -0.4 is 5.73 Å². The molecule has 1 unspecified atom stereocenters. The molecule has 0 saturated heterocycles. The van der Waals surface area contributed by atoms with Gasteiger partial charge in [-0.1, -0.05) is 12.2 Å². The zero-order valence-electron chi connectivity index (χ0n) is 9.47. The van der Waals surface area contributed by atoms with Gasteiger partial charge in [0.05, 0.1) is 17.3 Å². The van der Waals surface area contributed by atoms with Crippen molar-refractivity contribution in [3.05, 3.63) is 24.2 Å². The van der Waals surface area contributed by atoms with Gasteiger partial charge in [0.1, 0.15) is 5.76 Å². The van der Waals surface area contributed by atoms with Crippen molar-refractivity contribution in [3.63, 3.8) is 0 Å². The van der Waals surface area contributed by atoms with Crippen LogP contribution in [0, 0.1) is 0 Å². The molecule has 0 aliphatic heterocycles. The smallest absolute Gasteiger partial charge is 0.223 e. The largest absolute Gasteiger partial charge is 0.469 e. The topological polar surface area (TPSA) is 59.5 Å². The molecule has 1 rings (SSSR count). The Morgan fingerprint density at radius 1 is 1.69 bits per heavy atom. The van der Waals surface area contributed by atoms with E-state index in [2.05, 4.69) is 0 Å². The number of likely N-dealkylation sites (N-methyl/N-ethyl adjacent to an activating group) is 1. The lowest BCUT2D eigenvalue weighted by atomic mass is 10.2. The van der Waals surface area contributed by atoms with Crippen LogP contribution in [0.15, 0.2) is 22.8 Å². The molecule has 0 aliphatic carbocycles. The SMILES string of the molecule is CC(C(N)=S)N(C)C(=O)CCc1ccco1. The lowest BCUT2D eigenvalue weighted by Crippen LogP contribution is -2.42. The second-order valence-corrected chi connectivity index (χ2v) is 4.13. The molecule has 1 heterocycles. The molecule has 0 saturated carbocycles.